The van der Waals surface area contributed by atoms with E-state index in [0.717, 1.165) is 19.3 Å². The largest absolute Gasteiger partial charge is 0.477 e. The Morgan fingerprint density at radius 2 is 2.04 bits per heavy atom. The Kier molecular flexibility index (Phi) is 5.06. The quantitative estimate of drug-likeness (QED) is 0.766. The second-order valence-electron chi connectivity index (χ2n) is 6.85. The number of nitrogens with two attached hydrogens (primary N) is 1. The zero-order chi connectivity index (χ0) is 19.0. The smallest absolute Gasteiger partial charge is 0.405 e. The minimum absolute atomic E-state index is 0.0767. The first-order chi connectivity index (χ1) is 12.1. The van der Waals surface area contributed by atoms with Crippen LogP contribution in [0.3, 0.4) is 0 Å². The lowest BCUT2D eigenvalue weighted by atomic mass is 9.92. The number of ether oxygens (including phenoxy) is 1. The van der Waals surface area contributed by atoms with Crippen LogP contribution in [0.2, 0.25) is 0 Å². The van der Waals surface area contributed by atoms with E-state index >= 15 is 0 Å². The number of pyridine rings is 1. The second kappa shape index (κ2) is 6.86. The van der Waals surface area contributed by atoms with Gasteiger partial charge in [-0.15, -0.1) is 0 Å². The molecule has 3 rings (SSSR count). The van der Waals surface area contributed by atoms with Crippen LogP contribution in [0.15, 0.2) is 18.2 Å². The SMILES string of the molecule is NS(=O)(=O)N1CCC2(CC1)C[C@H]2COc1cccc(NCC(F)(F)F)n1. The van der Waals surface area contributed by atoms with Crippen LogP contribution in [-0.2, 0) is 10.2 Å². The molecular formula is C15H21F3N4O3S. The van der Waals surface area contributed by atoms with Crippen LogP contribution in [-0.4, -0.2) is 50.1 Å². The topological polar surface area (TPSA) is 97.6 Å². The van der Waals surface area contributed by atoms with E-state index in [4.69, 9.17) is 9.88 Å². The summed E-state index contributed by atoms with van der Waals surface area (Å²) in [5, 5.41) is 7.36. The van der Waals surface area contributed by atoms with Crippen molar-refractivity contribution in [2.75, 3.05) is 31.6 Å². The lowest BCUT2D eigenvalue weighted by molar-refractivity contribution is -0.115. The lowest BCUT2D eigenvalue weighted by Gasteiger charge is -2.30. The maximum Gasteiger partial charge on any atom is 0.405 e. The summed E-state index contributed by atoms with van der Waals surface area (Å²) >= 11 is 0. The number of hydrogen-bond acceptors (Lipinski definition) is 5. The molecule has 7 nitrogen and oxygen atoms in total. The summed E-state index contributed by atoms with van der Waals surface area (Å²) in [4.78, 5) is 4.02. The van der Waals surface area contributed by atoms with Gasteiger partial charge in [-0.05, 0) is 36.7 Å². The van der Waals surface area contributed by atoms with Gasteiger partial charge in [-0.2, -0.15) is 30.9 Å². The standard InChI is InChI=1S/C15H21F3N4O3S/c16-15(17,18)10-20-12-2-1-3-13(21-12)25-9-11-8-14(11)4-6-22(7-5-14)26(19,23)24/h1-3,11H,4-10H2,(H,20,21)(H2,19,23,24)/t11-/m0/s1. The van der Waals surface area contributed by atoms with Crippen LogP contribution in [0.1, 0.15) is 19.3 Å². The van der Waals surface area contributed by atoms with Crippen molar-refractivity contribution in [2.24, 2.45) is 16.5 Å². The Bertz CT molecular complexity index is 749. The van der Waals surface area contributed by atoms with Gasteiger partial charge in [0.15, 0.2) is 0 Å². The molecule has 11 heteroatoms. The summed E-state index contributed by atoms with van der Waals surface area (Å²) in [5.41, 5.74) is 0.0767. The molecule has 2 aliphatic rings. The number of rotatable bonds is 6. The van der Waals surface area contributed by atoms with E-state index in [-0.39, 0.29) is 17.1 Å². The summed E-state index contributed by atoms with van der Waals surface area (Å²) in [7, 11) is -3.64. The first-order valence-electron chi connectivity index (χ1n) is 8.26. The molecule has 1 aliphatic carbocycles. The average Bonchev–Trinajstić information content (AvgIpc) is 3.22. The maximum atomic E-state index is 12.2. The number of aromatic nitrogens is 1. The zero-order valence-electron chi connectivity index (χ0n) is 14.0. The van der Waals surface area contributed by atoms with Gasteiger partial charge in [0.2, 0.25) is 5.88 Å². The van der Waals surface area contributed by atoms with Crippen molar-refractivity contribution < 1.29 is 26.3 Å². The minimum atomic E-state index is -4.31. The first-order valence-corrected chi connectivity index (χ1v) is 9.76. The molecule has 1 aromatic heterocycles. The summed E-state index contributed by atoms with van der Waals surface area (Å²) in [5.74, 6) is 0.659. The van der Waals surface area contributed by atoms with Gasteiger partial charge in [0.1, 0.15) is 12.4 Å². The molecule has 0 bridgehead atoms. The molecule has 1 aromatic rings. The van der Waals surface area contributed by atoms with Gasteiger partial charge in [-0.3, -0.25) is 0 Å². The van der Waals surface area contributed by atoms with Crippen LogP contribution in [0.5, 0.6) is 5.88 Å². The van der Waals surface area contributed by atoms with Crippen molar-refractivity contribution >= 4 is 16.0 Å². The van der Waals surface area contributed by atoms with Crippen LogP contribution >= 0.6 is 0 Å². The Morgan fingerprint density at radius 3 is 2.65 bits per heavy atom. The molecule has 0 amide bonds. The van der Waals surface area contributed by atoms with E-state index in [1.165, 1.54) is 10.4 Å². The highest BCUT2D eigenvalue weighted by Crippen LogP contribution is 2.59. The van der Waals surface area contributed by atoms with Crippen molar-refractivity contribution in [3.8, 4) is 5.88 Å². The molecule has 1 saturated carbocycles. The van der Waals surface area contributed by atoms with E-state index in [9.17, 15) is 21.6 Å². The Balaban J connectivity index is 1.48. The molecule has 3 N–H and O–H groups in total. The average molecular weight is 394 g/mol. The van der Waals surface area contributed by atoms with E-state index in [2.05, 4.69) is 10.3 Å². The van der Waals surface area contributed by atoms with Gasteiger partial charge in [0.25, 0.3) is 10.2 Å². The van der Waals surface area contributed by atoms with E-state index in [1.54, 1.807) is 12.1 Å². The van der Waals surface area contributed by atoms with Crippen molar-refractivity contribution in [3.05, 3.63) is 18.2 Å². The van der Waals surface area contributed by atoms with Crippen molar-refractivity contribution in [3.63, 3.8) is 0 Å². The fraction of sp³-hybridized carbons (Fsp3) is 0.667. The molecule has 0 unspecified atom stereocenters. The Morgan fingerprint density at radius 1 is 1.35 bits per heavy atom. The lowest BCUT2D eigenvalue weighted by Crippen LogP contribution is -2.43. The number of hydrogen-bond donors (Lipinski definition) is 2. The van der Waals surface area contributed by atoms with Gasteiger partial charge in [-0.25, -0.2) is 5.14 Å². The molecule has 26 heavy (non-hydrogen) atoms. The van der Waals surface area contributed by atoms with Gasteiger partial charge >= 0.3 is 6.18 Å². The van der Waals surface area contributed by atoms with Crippen LogP contribution in [0, 0.1) is 11.3 Å². The summed E-state index contributed by atoms with van der Waals surface area (Å²) in [6.45, 7) is 0.0652. The minimum Gasteiger partial charge on any atom is -0.477 e. The zero-order valence-corrected chi connectivity index (χ0v) is 14.8. The summed E-state index contributed by atoms with van der Waals surface area (Å²) < 4.78 is 66.3. The van der Waals surface area contributed by atoms with E-state index in [1.807, 2.05) is 0 Å². The Labute approximate surface area is 149 Å². The number of halogens is 3. The molecule has 0 radical (unpaired) electrons. The van der Waals surface area contributed by atoms with E-state index < -0.39 is 22.9 Å². The van der Waals surface area contributed by atoms with Crippen LogP contribution < -0.4 is 15.2 Å². The monoisotopic (exact) mass is 394 g/mol. The van der Waals surface area contributed by atoms with Crippen molar-refractivity contribution in [1.29, 1.82) is 0 Å². The normalized spacial score (nSPS) is 23.0. The molecule has 1 saturated heterocycles. The molecule has 0 aromatic carbocycles. The second-order valence-corrected chi connectivity index (χ2v) is 8.39. The molecule has 1 atom stereocenters. The van der Waals surface area contributed by atoms with Gasteiger partial charge < -0.3 is 10.1 Å². The number of nitrogens with zero attached hydrogens (tertiary/aromatic N) is 2. The highest BCUT2D eigenvalue weighted by atomic mass is 32.2. The van der Waals surface area contributed by atoms with Gasteiger partial charge in [-0.1, -0.05) is 6.07 Å². The molecule has 2 heterocycles. The predicted octanol–water partition coefficient (Wildman–Crippen LogP) is 1.74. The van der Waals surface area contributed by atoms with Crippen molar-refractivity contribution in [1.82, 2.24) is 9.29 Å². The number of nitrogens with one attached hydrogen (secondary N) is 1. The van der Waals surface area contributed by atoms with Gasteiger partial charge in [0, 0.05) is 19.2 Å². The molecule has 2 fully saturated rings. The molecular weight excluding hydrogens is 373 g/mol. The van der Waals surface area contributed by atoms with E-state index in [0.29, 0.717) is 25.6 Å². The van der Waals surface area contributed by atoms with Crippen LogP contribution in [0.25, 0.3) is 0 Å². The van der Waals surface area contributed by atoms with Crippen molar-refractivity contribution in [2.45, 2.75) is 25.4 Å². The first kappa shape index (κ1) is 19.2. The highest BCUT2D eigenvalue weighted by molar-refractivity contribution is 7.86. The highest BCUT2D eigenvalue weighted by Gasteiger charge is 2.55. The number of alkyl halides is 3. The summed E-state index contributed by atoms with van der Waals surface area (Å²) in [6, 6.07) is 4.62. The molecule has 1 aliphatic heterocycles. The third-order valence-electron chi connectivity index (χ3n) is 5.06. The Hall–Kier alpha value is -1.59. The fourth-order valence-electron chi connectivity index (χ4n) is 3.44. The number of anilines is 1. The third-order valence-corrected chi connectivity index (χ3v) is 6.15. The fourth-order valence-corrected chi connectivity index (χ4v) is 4.13. The molecule has 146 valence electrons. The van der Waals surface area contributed by atoms with Crippen LogP contribution in [0.4, 0.5) is 19.0 Å². The predicted molar refractivity (Wildman–Crippen MR) is 88.7 cm³/mol. The summed E-state index contributed by atoms with van der Waals surface area (Å²) in [6.07, 6.45) is -1.90. The molecule has 1 spiro atoms. The van der Waals surface area contributed by atoms with Gasteiger partial charge in [0.05, 0.1) is 6.61 Å². The maximum absolute atomic E-state index is 12.2. The number of piperidine rings is 1. The third kappa shape index (κ3) is 4.77.